The van der Waals surface area contributed by atoms with Crippen LogP contribution in [0.5, 0.6) is 5.75 Å². The molecule has 3 N–H and O–H groups in total. The van der Waals surface area contributed by atoms with Crippen molar-refractivity contribution in [2.24, 2.45) is 5.73 Å². The number of phenolic OH excluding ortho intramolecular Hbond substituents is 1. The Balaban J connectivity index is 2.09. The van der Waals surface area contributed by atoms with Crippen LogP contribution in [0.3, 0.4) is 0 Å². The van der Waals surface area contributed by atoms with Crippen molar-refractivity contribution in [1.29, 1.82) is 0 Å². The third-order valence-electron chi connectivity index (χ3n) is 4.59. The molecule has 0 aliphatic heterocycles. The largest absolute Gasteiger partial charge is 0.506 e. The molecule has 2 aliphatic rings. The van der Waals surface area contributed by atoms with Crippen LogP contribution < -0.4 is 5.73 Å². The zero-order valence-electron chi connectivity index (χ0n) is 10.6. The number of hydrogen-bond donors (Lipinski definition) is 2. The molecule has 0 aromatic heterocycles. The van der Waals surface area contributed by atoms with Crippen LogP contribution in [0.15, 0.2) is 10.5 Å². The summed E-state index contributed by atoms with van der Waals surface area (Å²) < 4.78 is 0.892. The van der Waals surface area contributed by atoms with E-state index in [9.17, 15) is 5.11 Å². The highest BCUT2D eigenvalue weighted by Gasteiger charge is 2.34. The molecule has 2 nitrogen and oxygen atoms in total. The quantitative estimate of drug-likeness (QED) is 0.829. The van der Waals surface area contributed by atoms with E-state index in [2.05, 4.69) is 22.0 Å². The van der Waals surface area contributed by atoms with E-state index in [1.165, 1.54) is 36.8 Å². The van der Waals surface area contributed by atoms with E-state index in [4.69, 9.17) is 5.73 Å². The Morgan fingerprint density at radius 3 is 2.56 bits per heavy atom. The standard InChI is InChI=1S/C15H20BrNO/c16-13-11-6-4-5-10(11)9-12(14(13)18)15(17)7-2-1-3-8-15/h9,18H,1-8,17H2. The average Bonchev–Trinajstić information content (AvgIpc) is 2.83. The molecular formula is C15H20BrNO. The van der Waals surface area contributed by atoms with E-state index in [0.717, 1.165) is 35.7 Å². The molecule has 0 atom stereocenters. The lowest BCUT2D eigenvalue weighted by Crippen LogP contribution is -2.38. The zero-order chi connectivity index (χ0) is 12.8. The Morgan fingerprint density at radius 1 is 1.11 bits per heavy atom. The second-order valence-electron chi connectivity index (χ2n) is 5.79. The van der Waals surface area contributed by atoms with Gasteiger partial charge in [0.1, 0.15) is 5.75 Å². The first-order chi connectivity index (χ1) is 8.62. The highest BCUT2D eigenvalue weighted by Crippen LogP contribution is 2.45. The normalized spacial score (nSPS) is 21.9. The topological polar surface area (TPSA) is 46.2 Å². The minimum absolute atomic E-state index is 0.317. The molecular weight excluding hydrogens is 290 g/mol. The van der Waals surface area contributed by atoms with E-state index >= 15 is 0 Å². The minimum Gasteiger partial charge on any atom is -0.506 e. The van der Waals surface area contributed by atoms with Gasteiger partial charge < -0.3 is 10.8 Å². The number of nitrogens with two attached hydrogens (primary N) is 1. The number of halogens is 1. The molecule has 0 bridgehead atoms. The summed E-state index contributed by atoms with van der Waals surface area (Å²) in [5.74, 6) is 0.389. The Bertz CT molecular complexity index is 478. The second kappa shape index (κ2) is 4.53. The Morgan fingerprint density at radius 2 is 1.83 bits per heavy atom. The number of rotatable bonds is 1. The van der Waals surface area contributed by atoms with Gasteiger partial charge in [-0.3, -0.25) is 0 Å². The number of aromatic hydroxyl groups is 1. The van der Waals surface area contributed by atoms with Crippen molar-refractivity contribution in [3.63, 3.8) is 0 Å². The molecule has 0 amide bonds. The summed E-state index contributed by atoms with van der Waals surface area (Å²) in [5, 5.41) is 10.5. The van der Waals surface area contributed by atoms with Crippen molar-refractivity contribution in [1.82, 2.24) is 0 Å². The molecule has 18 heavy (non-hydrogen) atoms. The van der Waals surface area contributed by atoms with E-state index in [1.54, 1.807) is 0 Å². The summed E-state index contributed by atoms with van der Waals surface area (Å²) in [6.45, 7) is 0. The SMILES string of the molecule is NC1(c2cc3c(c(Br)c2O)CCC3)CCCCC1. The van der Waals surface area contributed by atoms with Crippen LogP contribution >= 0.6 is 15.9 Å². The summed E-state index contributed by atoms with van der Waals surface area (Å²) in [6, 6.07) is 2.17. The molecule has 0 radical (unpaired) electrons. The predicted octanol–water partition coefficient (Wildman–Crippen LogP) is 3.76. The molecule has 3 rings (SSSR count). The van der Waals surface area contributed by atoms with Gasteiger partial charge in [-0.2, -0.15) is 0 Å². The van der Waals surface area contributed by atoms with Gasteiger partial charge in [0.2, 0.25) is 0 Å². The highest BCUT2D eigenvalue weighted by molar-refractivity contribution is 9.10. The van der Waals surface area contributed by atoms with Crippen molar-refractivity contribution in [2.45, 2.75) is 56.9 Å². The van der Waals surface area contributed by atoms with Gasteiger partial charge in [0.15, 0.2) is 0 Å². The summed E-state index contributed by atoms with van der Waals surface area (Å²) in [6.07, 6.45) is 8.98. The Kier molecular flexibility index (Phi) is 3.15. The van der Waals surface area contributed by atoms with E-state index in [0.29, 0.717) is 5.75 Å². The fraction of sp³-hybridized carbons (Fsp3) is 0.600. The molecule has 0 saturated heterocycles. The molecule has 0 heterocycles. The smallest absolute Gasteiger partial charge is 0.135 e. The highest BCUT2D eigenvalue weighted by atomic mass is 79.9. The Labute approximate surface area is 117 Å². The maximum atomic E-state index is 10.5. The van der Waals surface area contributed by atoms with Gasteiger partial charge in [-0.15, -0.1) is 0 Å². The second-order valence-corrected chi connectivity index (χ2v) is 6.59. The van der Waals surface area contributed by atoms with Crippen molar-refractivity contribution in [3.8, 4) is 5.75 Å². The van der Waals surface area contributed by atoms with Gasteiger partial charge in [-0.05, 0) is 65.2 Å². The molecule has 0 spiro atoms. The maximum Gasteiger partial charge on any atom is 0.135 e. The minimum atomic E-state index is -0.317. The first kappa shape index (κ1) is 12.5. The van der Waals surface area contributed by atoms with Crippen LogP contribution in [0.1, 0.15) is 55.2 Å². The molecule has 0 unspecified atom stereocenters. The van der Waals surface area contributed by atoms with Gasteiger partial charge in [-0.1, -0.05) is 19.3 Å². The Hall–Kier alpha value is -0.540. The average molecular weight is 310 g/mol. The van der Waals surface area contributed by atoms with Crippen LogP contribution in [0.25, 0.3) is 0 Å². The van der Waals surface area contributed by atoms with Gasteiger partial charge in [0.25, 0.3) is 0 Å². The summed E-state index contributed by atoms with van der Waals surface area (Å²) >= 11 is 3.57. The number of fused-ring (bicyclic) bond motifs is 1. The third kappa shape index (κ3) is 1.88. The first-order valence-electron chi connectivity index (χ1n) is 6.94. The van der Waals surface area contributed by atoms with Gasteiger partial charge >= 0.3 is 0 Å². The number of benzene rings is 1. The fourth-order valence-corrected chi connectivity index (χ4v) is 4.18. The fourth-order valence-electron chi connectivity index (χ4n) is 3.51. The van der Waals surface area contributed by atoms with Crippen molar-refractivity contribution in [2.75, 3.05) is 0 Å². The lowest BCUT2D eigenvalue weighted by Gasteiger charge is -2.35. The third-order valence-corrected chi connectivity index (χ3v) is 5.44. The van der Waals surface area contributed by atoms with Crippen molar-refractivity contribution < 1.29 is 5.11 Å². The van der Waals surface area contributed by atoms with Crippen LogP contribution in [0.2, 0.25) is 0 Å². The number of phenols is 1. The zero-order valence-corrected chi connectivity index (χ0v) is 12.2. The lowest BCUT2D eigenvalue weighted by molar-refractivity contribution is 0.291. The summed E-state index contributed by atoms with van der Waals surface area (Å²) in [7, 11) is 0. The van der Waals surface area contributed by atoms with E-state index in [-0.39, 0.29) is 5.54 Å². The van der Waals surface area contributed by atoms with Gasteiger partial charge in [-0.25, -0.2) is 0 Å². The summed E-state index contributed by atoms with van der Waals surface area (Å²) in [5.41, 5.74) is 9.88. The van der Waals surface area contributed by atoms with E-state index in [1.807, 2.05) is 0 Å². The van der Waals surface area contributed by atoms with E-state index < -0.39 is 0 Å². The molecule has 3 heteroatoms. The number of aryl methyl sites for hydroxylation is 1. The van der Waals surface area contributed by atoms with Crippen molar-refractivity contribution >= 4 is 15.9 Å². The lowest BCUT2D eigenvalue weighted by atomic mass is 9.76. The van der Waals surface area contributed by atoms with Gasteiger partial charge in [0, 0.05) is 11.1 Å². The van der Waals surface area contributed by atoms with Crippen LogP contribution in [0.4, 0.5) is 0 Å². The van der Waals surface area contributed by atoms with Crippen LogP contribution in [-0.2, 0) is 18.4 Å². The molecule has 2 aliphatic carbocycles. The van der Waals surface area contributed by atoms with Crippen LogP contribution in [-0.4, -0.2) is 5.11 Å². The molecule has 1 saturated carbocycles. The number of hydrogen-bond acceptors (Lipinski definition) is 2. The van der Waals surface area contributed by atoms with Crippen LogP contribution in [0, 0.1) is 0 Å². The first-order valence-corrected chi connectivity index (χ1v) is 7.74. The van der Waals surface area contributed by atoms with Gasteiger partial charge in [0.05, 0.1) is 4.47 Å². The molecule has 98 valence electrons. The maximum absolute atomic E-state index is 10.5. The van der Waals surface area contributed by atoms with Crippen molar-refractivity contribution in [3.05, 3.63) is 27.2 Å². The predicted molar refractivity (Wildman–Crippen MR) is 76.8 cm³/mol. The molecule has 1 aromatic carbocycles. The molecule has 1 fully saturated rings. The monoisotopic (exact) mass is 309 g/mol. The molecule has 1 aromatic rings. The summed E-state index contributed by atoms with van der Waals surface area (Å²) in [4.78, 5) is 0.